The molecule has 3 rings (SSSR count). The number of rotatable bonds is 3. The number of aryl methyl sites for hydroxylation is 1. The van der Waals surface area contributed by atoms with Crippen LogP contribution in [0, 0.1) is 19.8 Å². The Bertz CT molecular complexity index is 689. The summed E-state index contributed by atoms with van der Waals surface area (Å²) in [5.41, 5.74) is 1.66. The zero-order valence-corrected chi connectivity index (χ0v) is 13.1. The van der Waals surface area contributed by atoms with Crippen molar-refractivity contribution < 1.29 is 0 Å². The molecular formula is C16H21N5O. The van der Waals surface area contributed by atoms with Gasteiger partial charge < -0.3 is 4.90 Å². The van der Waals surface area contributed by atoms with Crippen molar-refractivity contribution >= 4 is 5.82 Å². The van der Waals surface area contributed by atoms with Crippen LogP contribution in [0.25, 0.3) is 0 Å². The first-order valence-corrected chi connectivity index (χ1v) is 7.68. The first-order valence-electron chi connectivity index (χ1n) is 7.68. The van der Waals surface area contributed by atoms with Crippen molar-refractivity contribution in [1.29, 1.82) is 0 Å². The Morgan fingerprint density at radius 2 is 2.00 bits per heavy atom. The smallest absolute Gasteiger partial charge is 0.256 e. The average molecular weight is 299 g/mol. The van der Waals surface area contributed by atoms with Gasteiger partial charge in [-0.2, -0.15) is 0 Å². The van der Waals surface area contributed by atoms with Crippen molar-refractivity contribution in [3.05, 3.63) is 46.5 Å². The molecule has 0 aliphatic carbocycles. The van der Waals surface area contributed by atoms with Crippen molar-refractivity contribution in [3.8, 4) is 0 Å². The summed E-state index contributed by atoms with van der Waals surface area (Å²) in [5, 5.41) is 0. The summed E-state index contributed by atoms with van der Waals surface area (Å²) in [7, 11) is 0. The summed E-state index contributed by atoms with van der Waals surface area (Å²) in [6, 6.07) is 1.94. The molecular weight excluding hydrogens is 278 g/mol. The predicted molar refractivity (Wildman–Crippen MR) is 84.9 cm³/mol. The Balaban J connectivity index is 1.63. The maximum atomic E-state index is 12.2. The van der Waals surface area contributed by atoms with Crippen LogP contribution in [0.1, 0.15) is 24.1 Å². The Morgan fingerprint density at radius 1 is 1.23 bits per heavy atom. The molecule has 0 atom stereocenters. The molecule has 0 bridgehead atoms. The van der Waals surface area contributed by atoms with Crippen molar-refractivity contribution in [2.24, 2.45) is 5.92 Å². The van der Waals surface area contributed by atoms with Crippen LogP contribution in [-0.4, -0.2) is 32.6 Å². The van der Waals surface area contributed by atoms with E-state index in [1.165, 1.54) is 0 Å². The van der Waals surface area contributed by atoms with Crippen LogP contribution in [0.15, 0.2) is 29.7 Å². The van der Waals surface area contributed by atoms with Crippen LogP contribution in [0.3, 0.4) is 0 Å². The lowest BCUT2D eigenvalue weighted by Gasteiger charge is -2.32. The minimum atomic E-state index is 0.0886. The maximum Gasteiger partial charge on any atom is 0.256 e. The van der Waals surface area contributed by atoms with E-state index in [0.717, 1.165) is 49.6 Å². The van der Waals surface area contributed by atoms with E-state index in [1.807, 2.05) is 19.9 Å². The lowest BCUT2D eigenvalue weighted by atomic mass is 9.96. The number of piperidine rings is 1. The SMILES string of the molecule is Cc1ncn(CC2CCN(c3ccncn3)CC2)c(=O)c1C. The van der Waals surface area contributed by atoms with Gasteiger partial charge in [-0.25, -0.2) is 15.0 Å². The first-order chi connectivity index (χ1) is 10.6. The van der Waals surface area contributed by atoms with Crippen LogP contribution < -0.4 is 10.5 Å². The Labute approximate surface area is 129 Å². The van der Waals surface area contributed by atoms with E-state index >= 15 is 0 Å². The fraction of sp³-hybridized carbons (Fsp3) is 0.500. The monoisotopic (exact) mass is 299 g/mol. The third-order valence-corrected chi connectivity index (χ3v) is 4.47. The average Bonchev–Trinajstić information content (AvgIpc) is 2.57. The van der Waals surface area contributed by atoms with Crippen molar-refractivity contribution in [2.45, 2.75) is 33.2 Å². The molecule has 1 fully saturated rings. The molecule has 22 heavy (non-hydrogen) atoms. The molecule has 3 heterocycles. The van der Waals surface area contributed by atoms with Gasteiger partial charge in [-0.1, -0.05) is 0 Å². The highest BCUT2D eigenvalue weighted by molar-refractivity contribution is 5.36. The quantitative estimate of drug-likeness (QED) is 0.860. The summed E-state index contributed by atoms with van der Waals surface area (Å²) in [5.74, 6) is 1.50. The fourth-order valence-corrected chi connectivity index (χ4v) is 2.90. The molecule has 2 aromatic rings. The van der Waals surface area contributed by atoms with Crippen molar-refractivity contribution in [3.63, 3.8) is 0 Å². The molecule has 0 N–H and O–H groups in total. The largest absolute Gasteiger partial charge is 0.357 e. The normalized spacial score (nSPS) is 16.0. The summed E-state index contributed by atoms with van der Waals surface area (Å²) in [6.45, 7) is 6.41. The van der Waals surface area contributed by atoms with E-state index in [2.05, 4.69) is 19.9 Å². The molecule has 0 amide bonds. The topological polar surface area (TPSA) is 63.9 Å². The zero-order valence-electron chi connectivity index (χ0n) is 13.1. The molecule has 6 nitrogen and oxygen atoms in total. The van der Waals surface area contributed by atoms with Crippen LogP contribution >= 0.6 is 0 Å². The number of hydrogen-bond acceptors (Lipinski definition) is 5. The van der Waals surface area contributed by atoms with Gasteiger partial charge in [0.1, 0.15) is 12.1 Å². The van der Waals surface area contributed by atoms with E-state index in [-0.39, 0.29) is 5.56 Å². The van der Waals surface area contributed by atoms with Gasteiger partial charge in [0, 0.05) is 37.1 Å². The number of anilines is 1. The van der Waals surface area contributed by atoms with Crippen LogP contribution in [0.5, 0.6) is 0 Å². The summed E-state index contributed by atoms with van der Waals surface area (Å²) in [6.07, 6.45) is 7.16. The van der Waals surface area contributed by atoms with Gasteiger partial charge in [-0.15, -0.1) is 0 Å². The fourth-order valence-electron chi connectivity index (χ4n) is 2.90. The lowest BCUT2D eigenvalue weighted by Crippen LogP contribution is -2.37. The van der Waals surface area contributed by atoms with Crippen LogP contribution in [0.4, 0.5) is 5.82 Å². The number of hydrogen-bond donors (Lipinski definition) is 0. The van der Waals surface area contributed by atoms with E-state index in [4.69, 9.17) is 0 Å². The van der Waals surface area contributed by atoms with E-state index in [1.54, 1.807) is 23.4 Å². The highest BCUT2D eigenvalue weighted by atomic mass is 16.1. The van der Waals surface area contributed by atoms with Gasteiger partial charge in [0.25, 0.3) is 5.56 Å². The second-order valence-corrected chi connectivity index (χ2v) is 5.91. The van der Waals surface area contributed by atoms with Gasteiger partial charge in [-0.3, -0.25) is 9.36 Å². The molecule has 2 aromatic heterocycles. The Kier molecular flexibility index (Phi) is 4.18. The molecule has 1 aliphatic rings. The summed E-state index contributed by atoms with van der Waals surface area (Å²) in [4.78, 5) is 27.1. The third-order valence-electron chi connectivity index (χ3n) is 4.47. The van der Waals surface area contributed by atoms with E-state index < -0.39 is 0 Å². The number of nitrogens with zero attached hydrogens (tertiary/aromatic N) is 5. The van der Waals surface area contributed by atoms with E-state index in [0.29, 0.717) is 5.92 Å². The Hall–Kier alpha value is -2.24. The molecule has 0 aromatic carbocycles. The van der Waals surface area contributed by atoms with Gasteiger partial charge in [0.15, 0.2) is 0 Å². The molecule has 0 unspecified atom stereocenters. The zero-order chi connectivity index (χ0) is 15.5. The predicted octanol–water partition coefficient (Wildman–Crippen LogP) is 1.57. The molecule has 6 heteroatoms. The third kappa shape index (κ3) is 3.00. The molecule has 0 saturated carbocycles. The maximum absolute atomic E-state index is 12.2. The molecule has 0 radical (unpaired) electrons. The molecule has 1 saturated heterocycles. The van der Waals surface area contributed by atoms with Crippen LogP contribution in [0.2, 0.25) is 0 Å². The Morgan fingerprint density at radius 3 is 2.68 bits per heavy atom. The van der Waals surface area contributed by atoms with Gasteiger partial charge in [0.05, 0.1) is 6.33 Å². The van der Waals surface area contributed by atoms with Crippen LogP contribution in [-0.2, 0) is 6.54 Å². The second-order valence-electron chi connectivity index (χ2n) is 5.91. The summed E-state index contributed by atoms with van der Waals surface area (Å²) >= 11 is 0. The highest BCUT2D eigenvalue weighted by Gasteiger charge is 2.21. The highest BCUT2D eigenvalue weighted by Crippen LogP contribution is 2.22. The minimum absolute atomic E-state index is 0.0886. The van der Waals surface area contributed by atoms with E-state index in [9.17, 15) is 4.79 Å². The first kappa shape index (κ1) is 14.7. The standard InChI is InChI=1S/C16H21N5O/c1-12-13(2)19-11-21(16(12)22)9-14-4-7-20(8-5-14)15-3-6-17-10-18-15/h3,6,10-11,14H,4-5,7-9H2,1-2H3. The summed E-state index contributed by atoms with van der Waals surface area (Å²) < 4.78 is 1.76. The van der Waals surface area contributed by atoms with Crippen molar-refractivity contribution in [1.82, 2.24) is 19.5 Å². The minimum Gasteiger partial charge on any atom is -0.357 e. The molecule has 116 valence electrons. The van der Waals surface area contributed by atoms with Gasteiger partial charge >= 0.3 is 0 Å². The van der Waals surface area contributed by atoms with Gasteiger partial charge in [0.2, 0.25) is 0 Å². The second kappa shape index (κ2) is 6.25. The number of aromatic nitrogens is 4. The molecule has 0 spiro atoms. The molecule has 1 aliphatic heterocycles. The van der Waals surface area contributed by atoms with Gasteiger partial charge in [-0.05, 0) is 38.7 Å². The van der Waals surface area contributed by atoms with Crippen molar-refractivity contribution in [2.75, 3.05) is 18.0 Å². The lowest BCUT2D eigenvalue weighted by molar-refractivity contribution is 0.349.